The Bertz CT molecular complexity index is 480. The normalized spacial score (nSPS) is 20.7. The summed E-state index contributed by atoms with van der Waals surface area (Å²) in [7, 11) is 0. The molecule has 16 heavy (non-hydrogen) atoms. The summed E-state index contributed by atoms with van der Waals surface area (Å²) in [5.41, 5.74) is 3.40. The van der Waals surface area contributed by atoms with E-state index in [4.69, 9.17) is 0 Å². The average molecular weight is 231 g/mol. The highest BCUT2D eigenvalue weighted by molar-refractivity contribution is 7.07. The smallest absolute Gasteiger partial charge is 0.0881 e. The van der Waals surface area contributed by atoms with E-state index in [1.54, 1.807) is 11.3 Å². The Balaban J connectivity index is 1.93. The van der Waals surface area contributed by atoms with Crippen LogP contribution in [0.15, 0.2) is 35.2 Å². The van der Waals surface area contributed by atoms with E-state index < -0.39 is 6.10 Å². The van der Waals surface area contributed by atoms with Crippen LogP contribution < -0.4 is 0 Å². The van der Waals surface area contributed by atoms with Crippen molar-refractivity contribution >= 4 is 11.3 Å². The fraction of sp³-hybridized carbons (Fsp3) is 0.308. The first kappa shape index (κ1) is 10.00. The van der Waals surface area contributed by atoms with Crippen LogP contribution in [-0.4, -0.2) is 10.1 Å². The average Bonchev–Trinajstić information content (AvgIpc) is 2.98. The molecule has 0 aliphatic heterocycles. The Morgan fingerprint density at radius 2 is 2.38 bits per heavy atom. The second kappa shape index (κ2) is 4.00. The molecule has 1 aliphatic carbocycles. The van der Waals surface area contributed by atoms with Crippen LogP contribution >= 0.6 is 11.3 Å². The van der Waals surface area contributed by atoms with Crippen LogP contribution in [0.1, 0.15) is 35.3 Å². The van der Waals surface area contributed by atoms with Crippen molar-refractivity contribution < 1.29 is 5.11 Å². The fourth-order valence-electron chi connectivity index (χ4n) is 2.43. The van der Waals surface area contributed by atoms with Gasteiger partial charge in [0, 0.05) is 17.8 Å². The first-order valence-electron chi connectivity index (χ1n) is 5.50. The standard InChI is InChI=1S/C13H13NOS/c15-13(10-5-7-16-8-10)11-4-3-9-2-1-6-14-12(9)11/h1-2,5-8,11,13,15H,3-4H2. The van der Waals surface area contributed by atoms with Gasteiger partial charge >= 0.3 is 0 Å². The Morgan fingerprint density at radius 1 is 1.44 bits per heavy atom. The lowest BCUT2D eigenvalue weighted by Crippen LogP contribution is -2.08. The third-order valence-corrected chi connectivity index (χ3v) is 3.97. The summed E-state index contributed by atoms with van der Waals surface area (Å²) in [5.74, 6) is 0.172. The number of thiophene rings is 1. The highest BCUT2D eigenvalue weighted by Gasteiger charge is 2.30. The van der Waals surface area contributed by atoms with Gasteiger partial charge in [-0.2, -0.15) is 11.3 Å². The molecule has 0 saturated heterocycles. The van der Waals surface area contributed by atoms with Crippen molar-refractivity contribution in [3.63, 3.8) is 0 Å². The molecule has 2 nitrogen and oxygen atoms in total. The Hall–Kier alpha value is -1.19. The number of rotatable bonds is 2. The molecule has 1 aliphatic rings. The summed E-state index contributed by atoms with van der Waals surface area (Å²) in [4.78, 5) is 4.42. The van der Waals surface area contributed by atoms with Gasteiger partial charge in [0.2, 0.25) is 0 Å². The summed E-state index contributed by atoms with van der Waals surface area (Å²) in [6, 6.07) is 6.08. The molecular weight excluding hydrogens is 218 g/mol. The molecule has 3 heteroatoms. The van der Waals surface area contributed by atoms with Gasteiger partial charge in [-0.15, -0.1) is 0 Å². The maximum atomic E-state index is 10.3. The Kier molecular flexibility index (Phi) is 2.50. The molecular formula is C13H13NOS. The minimum absolute atomic E-state index is 0.172. The van der Waals surface area contributed by atoms with Crippen LogP contribution in [0.4, 0.5) is 0 Å². The van der Waals surface area contributed by atoms with E-state index in [2.05, 4.69) is 11.1 Å². The Labute approximate surface area is 98.6 Å². The predicted molar refractivity (Wildman–Crippen MR) is 64.6 cm³/mol. The summed E-state index contributed by atoms with van der Waals surface area (Å²) >= 11 is 1.63. The zero-order valence-corrected chi connectivity index (χ0v) is 9.65. The minimum atomic E-state index is -0.401. The number of aliphatic hydroxyl groups is 1. The van der Waals surface area contributed by atoms with Crippen LogP contribution in [-0.2, 0) is 6.42 Å². The van der Waals surface area contributed by atoms with Crippen molar-refractivity contribution in [1.29, 1.82) is 0 Å². The van der Waals surface area contributed by atoms with Crippen LogP contribution in [0, 0.1) is 0 Å². The molecule has 0 aromatic carbocycles. The van der Waals surface area contributed by atoms with Gasteiger partial charge in [0.15, 0.2) is 0 Å². The van der Waals surface area contributed by atoms with E-state index in [1.165, 1.54) is 5.56 Å². The molecule has 3 rings (SSSR count). The molecule has 2 atom stereocenters. The third-order valence-electron chi connectivity index (χ3n) is 3.27. The Morgan fingerprint density at radius 3 is 3.19 bits per heavy atom. The molecule has 2 aromatic heterocycles. The van der Waals surface area contributed by atoms with Crippen molar-refractivity contribution in [3.8, 4) is 0 Å². The number of hydrogen-bond donors (Lipinski definition) is 1. The fourth-order valence-corrected chi connectivity index (χ4v) is 3.12. The quantitative estimate of drug-likeness (QED) is 0.862. The van der Waals surface area contributed by atoms with Gasteiger partial charge in [0.25, 0.3) is 0 Å². The number of pyridine rings is 1. The second-order valence-electron chi connectivity index (χ2n) is 4.19. The number of hydrogen-bond acceptors (Lipinski definition) is 3. The van der Waals surface area contributed by atoms with Crippen LogP contribution in [0.2, 0.25) is 0 Å². The molecule has 0 amide bonds. The van der Waals surface area contributed by atoms with Gasteiger partial charge in [-0.3, -0.25) is 4.98 Å². The largest absolute Gasteiger partial charge is 0.388 e. The number of fused-ring (bicyclic) bond motifs is 1. The zero-order chi connectivity index (χ0) is 11.0. The first-order chi connectivity index (χ1) is 7.86. The van der Waals surface area contributed by atoms with Crippen LogP contribution in [0.5, 0.6) is 0 Å². The topological polar surface area (TPSA) is 33.1 Å². The van der Waals surface area contributed by atoms with Crippen molar-refractivity contribution in [1.82, 2.24) is 4.98 Å². The number of aromatic nitrogens is 1. The minimum Gasteiger partial charge on any atom is -0.388 e. The molecule has 2 aromatic rings. The van der Waals surface area contributed by atoms with E-state index in [-0.39, 0.29) is 5.92 Å². The molecule has 0 radical (unpaired) electrons. The van der Waals surface area contributed by atoms with Crippen molar-refractivity contribution in [2.45, 2.75) is 24.9 Å². The van der Waals surface area contributed by atoms with Gasteiger partial charge in [-0.25, -0.2) is 0 Å². The number of aliphatic hydroxyl groups excluding tert-OH is 1. The molecule has 0 spiro atoms. The summed E-state index contributed by atoms with van der Waals surface area (Å²) < 4.78 is 0. The summed E-state index contributed by atoms with van der Waals surface area (Å²) in [6.45, 7) is 0. The number of aryl methyl sites for hydroxylation is 1. The molecule has 0 bridgehead atoms. The number of nitrogens with zero attached hydrogens (tertiary/aromatic N) is 1. The van der Waals surface area contributed by atoms with E-state index in [9.17, 15) is 5.11 Å². The van der Waals surface area contributed by atoms with Gasteiger partial charge in [-0.1, -0.05) is 6.07 Å². The van der Waals surface area contributed by atoms with Crippen molar-refractivity contribution in [2.75, 3.05) is 0 Å². The van der Waals surface area contributed by atoms with Crippen LogP contribution in [0.25, 0.3) is 0 Å². The molecule has 82 valence electrons. The van der Waals surface area contributed by atoms with Gasteiger partial charge in [-0.05, 0) is 46.9 Å². The maximum Gasteiger partial charge on any atom is 0.0881 e. The predicted octanol–water partition coefficient (Wildman–Crippen LogP) is 2.91. The van der Waals surface area contributed by atoms with Crippen molar-refractivity contribution in [2.24, 2.45) is 0 Å². The van der Waals surface area contributed by atoms with Crippen LogP contribution in [0.3, 0.4) is 0 Å². The van der Waals surface area contributed by atoms with Gasteiger partial charge in [0.05, 0.1) is 6.10 Å². The molecule has 1 N–H and O–H groups in total. The van der Waals surface area contributed by atoms with E-state index >= 15 is 0 Å². The van der Waals surface area contributed by atoms with Gasteiger partial charge in [0.1, 0.15) is 0 Å². The first-order valence-corrected chi connectivity index (χ1v) is 6.44. The summed E-state index contributed by atoms with van der Waals surface area (Å²) in [6.07, 6.45) is 3.46. The molecule has 0 saturated carbocycles. The summed E-state index contributed by atoms with van der Waals surface area (Å²) in [5, 5.41) is 14.3. The third kappa shape index (κ3) is 1.56. The zero-order valence-electron chi connectivity index (χ0n) is 8.84. The molecule has 2 unspecified atom stereocenters. The van der Waals surface area contributed by atoms with Gasteiger partial charge < -0.3 is 5.11 Å². The lowest BCUT2D eigenvalue weighted by molar-refractivity contribution is 0.144. The molecule has 2 heterocycles. The maximum absolute atomic E-state index is 10.3. The van der Waals surface area contributed by atoms with Crippen molar-refractivity contribution in [3.05, 3.63) is 52.0 Å². The SMILES string of the molecule is OC(c1ccsc1)C1CCc2cccnc21. The van der Waals surface area contributed by atoms with E-state index in [0.29, 0.717) is 0 Å². The lowest BCUT2D eigenvalue weighted by atomic mass is 9.95. The second-order valence-corrected chi connectivity index (χ2v) is 4.97. The molecule has 0 fully saturated rings. The lowest BCUT2D eigenvalue weighted by Gasteiger charge is -2.17. The van der Waals surface area contributed by atoms with E-state index in [1.807, 2.05) is 29.1 Å². The highest BCUT2D eigenvalue weighted by atomic mass is 32.1. The highest BCUT2D eigenvalue weighted by Crippen LogP contribution is 2.40. The monoisotopic (exact) mass is 231 g/mol. The van der Waals surface area contributed by atoms with E-state index in [0.717, 1.165) is 24.1 Å².